The molecule has 1 unspecified atom stereocenters. The van der Waals surface area contributed by atoms with Crippen molar-refractivity contribution in [2.24, 2.45) is 0 Å². The first-order valence-electron chi connectivity index (χ1n) is 7.95. The summed E-state index contributed by atoms with van der Waals surface area (Å²) in [6.45, 7) is 5.35. The Bertz CT molecular complexity index is 607. The Kier molecular flexibility index (Phi) is 4.45. The van der Waals surface area contributed by atoms with Crippen LogP contribution in [0.15, 0.2) is 30.3 Å². The molecule has 0 aliphatic carbocycles. The average Bonchev–Trinajstić information content (AvgIpc) is 3.00. The number of nitrogens with one attached hydrogen (secondary N) is 1. The van der Waals surface area contributed by atoms with E-state index < -0.39 is 0 Å². The van der Waals surface area contributed by atoms with Crippen LogP contribution in [-0.2, 0) is 0 Å². The SMILES string of the molecule is CCC(CO)N1CCN(C(=O)c2cc3ccccc3[nH]2)CC1. The molecule has 1 fully saturated rings. The van der Waals surface area contributed by atoms with Gasteiger partial charge in [-0.3, -0.25) is 9.69 Å². The zero-order valence-electron chi connectivity index (χ0n) is 13.0. The lowest BCUT2D eigenvalue weighted by atomic mass is 10.1. The van der Waals surface area contributed by atoms with Crippen molar-refractivity contribution in [1.29, 1.82) is 0 Å². The third kappa shape index (κ3) is 2.87. The van der Waals surface area contributed by atoms with E-state index in [0.29, 0.717) is 18.8 Å². The molecule has 1 aliphatic rings. The maximum atomic E-state index is 12.6. The third-order valence-corrected chi connectivity index (χ3v) is 4.56. The van der Waals surface area contributed by atoms with Gasteiger partial charge in [0.15, 0.2) is 0 Å². The number of amides is 1. The summed E-state index contributed by atoms with van der Waals surface area (Å²) in [5.41, 5.74) is 1.65. The monoisotopic (exact) mass is 301 g/mol. The second-order valence-corrected chi connectivity index (χ2v) is 5.84. The van der Waals surface area contributed by atoms with Crippen molar-refractivity contribution < 1.29 is 9.90 Å². The van der Waals surface area contributed by atoms with Crippen molar-refractivity contribution in [3.05, 3.63) is 36.0 Å². The lowest BCUT2D eigenvalue weighted by molar-refractivity contribution is 0.0469. The van der Waals surface area contributed by atoms with Gasteiger partial charge < -0.3 is 15.0 Å². The largest absolute Gasteiger partial charge is 0.395 e. The van der Waals surface area contributed by atoms with Crippen LogP contribution in [0.2, 0.25) is 0 Å². The lowest BCUT2D eigenvalue weighted by Crippen LogP contribution is -2.52. The number of aliphatic hydroxyl groups is 1. The van der Waals surface area contributed by atoms with Crippen LogP contribution >= 0.6 is 0 Å². The molecule has 5 heteroatoms. The van der Waals surface area contributed by atoms with E-state index in [1.165, 1.54) is 0 Å². The van der Waals surface area contributed by atoms with Crippen molar-refractivity contribution in [2.45, 2.75) is 19.4 Å². The van der Waals surface area contributed by atoms with Crippen molar-refractivity contribution in [3.8, 4) is 0 Å². The number of hydrogen-bond donors (Lipinski definition) is 2. The van der Waals surface area contributed by atoms with E-state index in [4.69, 9.17) is 0 Å². The predicted octanol–water partition coefficient (Wildman–Crippen LogP) is 1.70. The summed E-state index contributed by atoms with van der Waals surface area (Å²) in [7, 11) is 0. The quantitative estimate of drug-likeness (QED) is 0.903. The number of aliphatic hydroxyl groups excluding tert-OH is 1. The Labute approximate surface area is 130 Å². The van der Waals surface area contributed by atoms with Gasteiger partial charge in [-0.1, -0.05) is 25.1 Å². The van der Waals surface area contributed by atoms with Gasteiger partial charge in [0.1, 0.15) is 5.69 Å². The van der Waals surface area contributed by atoms with E-state index >= 15 is 0 Å². The second kappa shape index (κ2) is 6.50. The molecule has 1 aromatic carbocycles. The van der Waals surface area contributed by atoms with E-state index in [1.54, 1.807) is 0 Å². The Morgan fingerprint density at radius 3 is 2.64 bits per heavy atom. The van der Waals surface area contributed by atoms with Gasteiger partial charge in [-0.2, -0.15) is 0 Å². The van der Waals surface area contributed by atoms with E-state index in [0.717, 1.165) is 30.4 Å². The van der Waals surface area contributed by atoms with Crippen LogP contribution in [0.25, 0.3) is 10.9 Å². The maximum Gasteiger partial charge on any atom is 0.270 e. The Hall–Kier alpha value is -1.85. The number of aromatic amines is 1. The number of benzene rings is 1. The molecule has 2 aromatic rings. The number of rotatable bonds is 4. The minimum Gasteiger partial charge on any atom is -0.395 e. The van der Waals surface area contributed by atoms with E-state index in [-0.39, 0.29) is 18.6 Å². The Balaban J connectivity index is 1.67. The standard InChI is InChI=1S/C17H23N3O2/c1-2-14(12-21)19-7-9-20(10-8-19)17(22)16-11-13-5-3-4-6-15(13)18-16/h3-6,11,14,18,21H,2,7-10,12H2,1H3. The molecule has 118 valence electrons. The van der Waals surface area contributed by atoms with Gasteiger partial charge in [0, 0.05) is 43.1 Å². The van der Waals surface area contributed by atoms with Gasteiger partial charge in [0.05, 0.1) is 6.61 Å². The Morgan fingerprint density at radius 2 is 2.00 bits per heavy atom. The van der Waals surface area contributed by atoms with Crippen molar-refractivity contribution >= 4 is 16.8 Å². The summed E-state index contributed by atoms with van der Waals surface area (Å²) in [5, 5.41) is 10.5. The third-order valence-electron chi connectivity index (χ3n) is 4.56. The highest BCUT2D eigenvalue weighted by Crippen LogP contribution is 2.17. The zero-order valence-corrected chi connectivity index (χ0v) is 13.0. The summed E-state index contributed by atoms with van der Waals surface area (Å²) >= 11 is 0. The predicted molar refractivity (Wildman–Crippen MR) is 86.9 cm³/mol. The molecule has 0 spiro atoms. The highest BCUT2D eigenvalue weighted by molar-refractivity contribution is 5.98. The number of carbonyl (C=O) groups excluding carboxylic acids is 1. The van der Waals surface area contributed by atoms with Gasteiger partial charge in [-0.25, -0.2) is 0 Å². The van der Waals surface area contributed by atoms with Crippen LogP contribution in [0.5, 0.6) is 0 Å². The summed E-state index contributed by atoms with van der Waals surface area (Å²) in [6, 6.07) is 10.1. The fourth-order valence-corrected chi connectivity index (χ4v) is 3.15. The molecule has 0 radical (unpaired) electrons. The van der Waals surface area contributed by atoms with Crippen molar-refractivity contribution in [1.82, 2.24) is 14.8 Å². The summed E-state index contributed by atoms with van der Waals surface area (Å²) in [6.07, 6.45) is 0.937. The molecule has 22 heavy (non-hydrogen) atoms. The van der Waals surface area contributed by atoms with Gasteiger partial charge in [0.25, 0.3) is 5.91 Å². The summed E-state index contributed by atoms with van der Waals surface area (Å²) < 4.78 is 0. The lowest BCUT2D eigenvalue weighted by Gasteiger charge is -2.38. The first kappa shape index (κ1) is 15.1. The van der Waals surface area contributed by atoms with Gasteiger partial charge >= 0.3 is 0 Å². The van der Waals surface area contributed by atoms with Crippen LogP contribution < -0.4 is 0 Å². The van der Waals surface area contributed by atoms with Gasteiger partial charge in [-0.05, 0) is 18.6 Å². The van der Waals surface area contributed by atoms with E-state index in [2.05, 4.69) is 16.8 Å². The minimum absolute atomic E-state index is 0.0629. The van der Waals surface area contributed by atoms with Crippen LogP contribution in [0, 0.1) is 0 Å². The smallest absolute Gasteiger partial charge is 0.270 e. The van der Waals surface area contributed by atoms with Crippen molar-refractivity contribution in [3.63, 3.8) is 0 Å². The highest BCUT2D eigenvalue weighted by Gasteiger charge is 2.26. The molecule has 2 N–H and O–H groups in total. The van der Waals surface area contributed by atoms with Gasteiger partial charge in [0.2, 0.25) is 0 Å². The molecule has 2 heterocycles. The van der Waals surface area contributed by atoms with Crippen molar-refractivity contribution in [2.75, 3.05) is 32.8 Å². The number of para-hydroxylation sites is 1. The molecule has 1 saturated heterocycles. The number of nitrogens with zero attached hydrogens (tertiary/aromatic N) is 2. The van der Waals surface area contributed by atoms with E-state index in [9.17, 15) is 9.90 Å². The minimum atomic E-state index is 0.0629. The number of H-pyrrole nitrogens is 1. The molecule has 5 nitrogen and oxygen atoms in total. The first-order valence-corrected chi connectivity index (χ1v) is 7.95. The second-order valence-electron chi connectivity index (χ2n) is 5.84. The molecule has 0 bridgehead atoms. The molecule has 0 saturated carbocycles. The summed E-state index contributed by atoms with van der Waals surface area (Å²) in [5.74, 6) is 0.0629. The molecule has 1 aromatic heterocycles. The van der Waals surface area contributed by atoms with Crippen LogP contribution in [-0.4, -0.2) is 64.6 Å². The number of piperazine rings is 1. The number of carbonyl (C=O) groups is 1. The molecule has 1 amide bonds. The fourth-order valence-electron chi connectivity index (χ4n) is 3.15. The molecular formula is C17H23N3O2. The van der Waals surface area contributed by atoms with Crippen LogP contribution in [0.4, 0.5) is 0 Å². The first-order chi connectivity index (χ1) is 10.7. The summed E-state index contributed by atoms with van der Waals surface area (Å²) in [4.78, 5) is 20.0. The number of fused-ring (bicyclic) bond motifs is 1. The highest BCUT2D eigenvalue weighted by atomic mass is 16.3. The fraction of sp³-hybridized carbons (Fsp3) is 0.471. The van der Waals surface area contributed by atoms with Crippen LogP contribution in [0.3, 0.4) is 0 Å². The number of hydrogen-bond acceptors (Lipinski definition) is 3. The maximum absolute atomic E-state index is 12.6. The molecule has 1 aliphatic heterocycles. The number of aromatic nitrogens is 1. The van der Waals surface area contributed by atoms with E-state index in [1.807, 2.05) is 35.2 Å². The molecule has 3 rings (SSSR count). The topological polar surface area (TPSA) is 59.6 Å². The van der Waals surface area contributed by atoms with Crippen LogP contribution in [0.1, 0.15) is 23.8 Å². The zero-order chi connectivity index (χ0) is 15.5. The molecular weight excluding hydrogens is 278 g/mol. The Morgan fingerprint density at radius 1 is 1.27 bits per heavy atom. The average molecular weight is 301 g/mol. The normalized spacial score (nSPS) is 17.8. The van der Waals surface area contributed by atoms with Gasteiger partial charge in [-0.15, -0.1) is 0 Å². The molecule has 1 atom stereocenters.